The first-order valence-electron chi connectivity index (χ1n) is 7.16. The Balaban J connectivity index is 2.16. The molecule has 7 heteroatoms. The van der Waals surface area contributed by atoms with Crippen molar-refractivity contribution in [3.8, 4) is 11.3 Å². The first-order valence-corrected chi connectivity index (χ1v) is 7.53. The predicted molar refractivity (Wildman–Crippen MR) is 88.5 cm³/mol. The highest BCUT2D eigenvalue weighted by Gasteiger charge is 2.30. The Morgan fingerprint density at radius 3 is 2.56 bits per heavy atom. The van der Waals surface area contributed by atoms with E-state index in [0.717, 1.165) is 12.1 Å². The van der Waals surface area contributed by atoms with Crippen LogP contribution in [-0.2, 0) is 10.9 Å². The van der Waals surface area contributed by atoms with Crippen molar-refractivity contribution in [2.45, 2.75) is 6.18 Å². The van der Waals surface area contributed by atoms with Gasteiger partial charge >= 0.3 is 12.1 Å². The van der Waals surface area contributed by atoms with E-state index in [0.29, 0.717) is 22.2 Å². The molecule has 0 saturated carbocycles. The van der Waals surface area contributed by atoms with Crippen molar-refractivity contribution in [3.05, 3.63) is 64.7 Å². The first kappa shape index (κ1) is 17.2. The number of halogens is 4. The average Bonchev–Trinajstić information content (AvgIpc) is 2.59. The van der Waals surface area contributed by atoms with Crippen LogP contribution in [0, 0.1) is 0 Å². The molecule has 0 atom stereocenters. The number of carbonyl (C=O) groups excluding carboxylic acids is 1. The number of esters is 1. The molecule has 0 bridgehead atoms. The van der Waals surface area contributed by atoms with E-state index in [9.17, 15) is 18.0 Å². The lowest BCUT2D eigenvalue weighted by molar-refractivity contribution is -0.137. The van der Waals surface area contributed by atoms with Crippen LogP contribution in [0.3, 0.4) is 0 Å². The normalized spacial score (nSPS) is 11.6. The first-order chi connectivity index (χ1) is 11.8. The molecule has 0 radical (unpaired) electrons. The lowest BCUT2D eigenvalue weighted by Crippen LogP contribution is -2.04. The van der Waals surface area contributed by atoms with Gasteiger partial charge in [-0.1, -0.05) is 29.8 Å². The Morgan fingerprint density at radius 2 is 1.88 bits per heavy atom. The molecule has 25 heavy (non-hydrogen) atoms. The number of aromatic nitrogens is 1. The van der Waals surface area contributed by atoms with Gasteiger partial charge in [0, 0.05) is 10.9 Å². The van der Waals surface area contributed by atoms with E-state index in [1.54, 1.807) is 30.3 Å². The van der Waals surface area contributed by atoms with Crippen molar-refractivity contribution in [2.24, 2.45) is 0 Å². The maximum absolute atomic E-state index is 12.9. The minimum absolute atomic E-state index is 0.126. The van der Waals surface area contributed by atoms with Gasteiger partial charge in [-0.2, -0.15) is 13.2 Å². The summed E-state index contributed by atoms with van der Waals surface area (Å²) in [6.45, 7) is 0. The lowest BCUT2D eigenvalue weighted by atomic mass is 10.1. The molecule has 0 aliphatic rings. The van der Waals surface area contributed by atoms with E-state index in [1.807, 2.05) is 0 Å². The third kappa shape index (κ3) is 3.44. The number of hydrogen-bond acceptors (Lipinski definition) is 3. The van der Waals surface area contributed by atoms with Crippen molar-refractivity contribution in [3.63, 3.8) is 0 Å². The van der Waals surface area contributed by atoms with Gasteiger partial charge in [0.2, 0.25) is 0 Å². The molecule has 2 aromatic carbocycles. The number of rotatable bonds is 2. The van der Waals surface area contributed by atoms with Gasteiger partial charge in [-0.25, -0.2) is 9.78 Å². The maximum atomic E-state index is 12.9. The maximum Gasteiger partial charge on any atom is 0.416 e. The zero-order valence-electron chi connectivity index (χ0n) is 12.9. The summed E-state index contributed by atoms with van der Waals surface area (Å²) in [6.07, 6.45) is -4.47. The van der Waals surface area contributed by atoms with E-state index in [-0.39, 0.29) is 10.5 Å². The van der Waals surface area contributed by atoms with Crippen molar-refractivity contribution in [2.75, 3.05) is 7.11 Å². The van der Waals surface area contributed by atoms with E-state index in [2.05, 4.69) is 9.72 Å². The molecule has 0 N–H and O–H groups in total. The van der Waals surface area contributed by atoms with Crippen molar-refractivity contribution >= 4 is 28.5 Å². The van der Waals surface area contributed by atoms with Crippen molar-refractivity contribution in [1.29, 1.82) is 0 Å². The largest absolute Gasteiger partial charge is 0.465 e. The molecule has 3 aromatic rings. The second-order valence-electron chi connectivity index (χ2n) is 5.29. The van der Waals surface area contributed by atoms with E-state index in [1.165, 1.54) is 13.2 Å². The van der Waals surface area contributed by atoms with Gasteiger partial charge in [0.1, 0.15) is 0 Å². The average molecular weight is 366 g/mol. The molecule has 0 saturated heterocycles. The van der Waals surface area contributed by atoms with Crippen LogP contribution < -0.4 is 0 Å². The van der Waals surface area contributed by atoms with E-state index >= 15 is 0 Å². The summed E-state index contributed by atoms with van der Waals surface area (Å²) >= 11 is 6.20. The van der Waals surface area contributed by atoms with Gasteiger partial charge in [-0.05, 0) is 30.3 Å². The van der Waals surface area contributed by atoms with E-state index < -0.39 is 17.7 Å². The Bertz CT molecular complexity index is 970. The zero-order chi connectivity index (χ0) is 18.2. The Hall–Kier alpha value is -2.60. The molecule has 1 heterocycles. The van der Waals surface area contributed by atoms with Gasteiger partial charge in [0.15, 0.2) is 0 Å². The summed E-state index contributed by atoms with van der Waals surface area (Å²) in [6, 6.07) is 11.2. The third-order valence-corrected chi connectivity index (χ3v) is 3.98. The molecule has 3 rings (SSSR count). The fourth-order valence-electron chi connectivity index (χ4n) is 2.43. The highest BCUT2D eigenvalue weighted by atomic mass is 35.5. The Labute approximate surface area is 146 Å². The molecule has 3 nitrogen and oxygen atoms in total. The van der Waals surface area contributed by atoms with Gasteiger partial charge in [0.05, 0.1) is 34.5 Å². The molecule has 0 amide bonds. The van der Waals surface area contributed by atoms with Gasteiger partial charge in [-0.15, -0.1) is 0 Å². The zero-order valence-corrected chi connectivity index (χ0v) is 13.7. The minimum Gasteiger partial charge on any atom is -0.465 e. The topological polar surface area (TPSA) is 39.2 Å². The second-order valence-corrected chi connectivity index (χ2v) is 5.70. The number of methoxy groups -OCH3 is 1. The standard InChI is InChI=1S/C18H11ClF3NO2/c1-25-17(24)11-4-2-3-10(7-11)15-9-14(19)13-6-5-12(18(20,21)22)8-16(13)23-15/h2-9H,1H3. The Morgan fingerprint density at radius 1 is 1.12 bits per heavy atom. The van der Waals surface area contributed by atoms with Crippen LogP contribution in [-0.4, -0.2) is 18.1 Å². The molecule has 1 aromatic heterocycles. The number of nitrogens with zero attached hydrogens (tertiary/aromatic N) is 1. The summed E-state index contributed by atoms with van der Waals surface area (Å²) in [7, 11) is 1.26. The SMILES string of the molecule is COC(=O)c1cccc(-c2cc(Cl)c3ccc(C(F)(F)F)cc3n2)c1. The molecule has 0 spiro atoms. The smallest absolute Gasteiger partial charge is 0.416 e. The highest BCUT2D eigenvalue weighted by Crippen LogP contribution is 2.34. The third-order valence-electron chi connectivity index (χ3n) is 3.67. The van der Waals surface area contributed by atoms with Gasteiger partial charge in [-0.3, -0.25) is 0 Å². The molecular formula is C18H11ClF3NO2. The van der Waals surface area contributed by atoms with Crippen LogP contribution in [0.25, 0.3) is 22.2 Å². The monoisotopic (exact) mass is 365 g/mol. The molecule has 0 fully saturated rings. The summed E-state index contributed by atoms with van der Waals surface area (Å²) in [5.74, 6) is -0.520. The highest BCUT2D eigenvalue weighted by molar-refractivity contribution is 6.35. The number of benzene rings is 2. The van der Waals surface area contributed by atoms with Crippen LogP contribution >= 0.6 is 11.6 Å². The fourth-order valence-corrected chi connectivity index (χ4v) is 2.70. The summed E-state index contributed by atoms with van der Waals surface area (Å²) < 4.78 is 43.4. The van der Waals surface area contributed by atoms with Crippen molar-refractivity contribution < 1.29 is 22.7 Å². The molecule has 0 aliphatic carbocycles. The van der Waals surface area contributed by atoms with Crippen LogP contribution in [0.1, 0.15) is 15.9 Å². The minimum atomic E-state index is -4.47. The molecule has 0 unspecified atom stereocenters. The fraction of sp³-hybridized carbons (Fsp3) is 0.111. The summed E-state index contributed by atoms with van der Waals surface area (Å²) in [5, 5.41) is 0.694. The number of ether oxygens (including phenoxy) is 1. The number of hydrogen-bond donors (Lipinski definition) is 0. The molecular weight excluding hydrogens is 355 g/mol. The molecule has 128 valence electrons. The predicted octanol–water partition coefficient (Wildman–Crippen LogP) is 5.36. The molecule has 0 aliphatic heterocycles. The Kier molecular flexibility index (Phi) is 4.39. The van der Waals surface area contributed by atoms with Crippen LogP contribution in [0.2, 0.25) is 5.02 Å². The number of fused-ring (bicyclic) bond motifs is 1. The van der Waals surface area contributed by atoms with Crippen LogP contribution in [0.5, 0.6) is 0 Å². The van der Waals surface area contributed by atoms with Gasteiger partial charge < -0.3 is 4.74 Å². The van der Waals surface area contributed by atoms with E-state index in [4.69, 9.17) is 11.6 Å². The van der Waals surface area contributed by atoms with Crippen LogP contribution in [0.15, 0.2) is 48.5 Å². The number of pyridine rings is 1. The van der Waals surface area contributed by atoms with Gasteiger partial charge in [0.25, 0.3) is 0 Å². The van der Waals surface area contributed by atoms with Crippen LogP contribution in [0.4, 0.5) is 13.2 Å². The van der Waals surface area contributed by atoms with Crippen molar-refractivity contribution in [1.82, 2.24) is 4.98 Å². The second kappa shape index (κ2) is 6.37. The summed E-state index contributed by atoms with van der Waals surface area (Å²) in [5.41, 5.74) is 0.540. The summed E-state index contributed by atoms with van der Waals surface area (Å²) in [4.78, 5) is 15.9. The number of carbonyl (C=O) groups is 1. The number of alkyl halides is 3. The lowest BCUT2D eigenvalue weighted by Gasteiger charge is -2.10. The quantitative estimate of drug-likeness (QED) is 0.574.